The number of aliphatic hydroxyl groups excluding tert-OH is 1. The highest BCUT2D eigenvalue weighted by atomic mass is 19.1. The van der Waals surface area contributed by atoms with Gasteiger partial charge < -0.3 is 9.84 Å². The Morgan fingerprint density at radius 3 is 2.10 bits per heavy atom. The molecule has 0 bridgehead atoms. The van der Waals surface area contributed by atoms with E-state index in [2.05, 4.69) is 13.8 Å². The maximum atomic E-state index is 13.2. The predicted molar refractivity (Wildman–Crippen MR) is 78.1 cm³/mol. The molecule has 0 heterocycles. The van der Waals surface area contributed by atoms with Crippen LogP contribution in [0, 0.1) is 17.0 Å². The van der Waals surface area contributed by atoms with Crippen molar-refractivity contribution in [2.45, 2.75) is 57.7 Å². The molecule has 0 aliphatic heterocycles. The lowest BCUT2D eigenvalue weighted by atomic mass is 9.68. The molecule has 1 saturated carbocycles. The summed E-state index contributed by atoms with van der Waals surface area (Å²) < 4.78 is 32.1. The van der Waals surface area contributed by atoms with E-state index >= 15 is 0 Å². The fourth-order valence-corrected chi connectivity index (χ4v) is 3.16. The van der Waals surface area contributed by atoms with Crippen LogP contribution in [0.1, 0.15) is 45.1 Å². The van der Waals surface area contributed by atoms with Crippen molar-refractivity contribution >= 4 is 0 Å². The van der Waals surface area contributed by atoms with Gasteiger partial charge in [-0.15, -0.1) is 0 Å². The van der Waals surface area contributed by atoms with E-state index in [0.717, 1.165) is 31.7 Å². The Bertz CT molecular complexity index is 469. The lowest BCUT2D eigenvalue weighted by Gasteiger charge is -2.45. The van der Waals surface area contributed by atoms with Crippen LogP contribution in [-0.4, -0.2) is 23.9 Å². The Balaban J connectivity index is 2.12. The maximum Gasteiger partial charge on any atom is 0.126 e. The second-order valence-corrected chi connectivity index (χ2v) is 6.93. The Labute approximate surface area is 125 Å². The smallest absolute Gasteiger partial charge is 0.126 e. The van der Waals surface area contributed by atoms with Gasteiger partial charge in [0.25, 0.3) is 0 Å². The van der Waals surface area contributed by atoms with Crippen LogP contribution >= 0.6 is 0 Å². The van der Waals surface area contributed by atoms with Crippen molar-refractivity contribution in [3.63, 3.8) is 0 Å². The van der Waals surface area contributed by atoms with Crippen molar-refractivity contribution in [3.8, 4) is 0 Å². The highest BCUT2D eigenvalue weighted by molar-refractivity contribution is 5.19. The van der Waals surface area contributed by atoms with Crippen molar-refractivity contribution in [1.82, 2.24) is 0 Å². The first-order valence-corrected chi connectivity index (χ1v) is 7.45. The summed E-state index contributed by atoms with van der Waals surface area (Å²) in [7, 11) is 1.60. The standard InChI is InChI=1S/C17H24F2O2/c1-16(2)4-6-17(21-3,7-5-16)15(20)10-12-8-13(18)11-14(19)9-12/h8-9,11,15,20H,4-7,10H2,1-3H3. The van der Waals surface area contributed by atoms with Crippen molar-refractivity contribution in [2.24, 2.45) is 5.41 Å². The lowest BCUT2D eigenvalue weighted by molar-refractivity contribution is -0.135. The van der Waals surface area contributed by atoms with Gasteiger partial charge in [-0.05, 0) is 48.8 Å². The number of aliphatic hydroxyl groups is 1. The summed E-state index contributed by atoms with van der Waals surface area (Å²) >= 11 is 0. The van der Waals surface area contributed by atoms with Crippen LogP contribution < -0.4 is 0 Å². The highest BCUT2D eigenvalue weighted by Gasteiger charge is 2.43. The van der Waals surface area contributed by atoms with Crippen LogP contribution in [0.15, 0.2) is 18.2 Å². The van der Waals surface area contributed by atoms with Gasteiger partial charge in [-0.2, -0.15) is 0 Å². The van der Waals surface area contributed by atoms with Crippen molar-refractivity contribution < 1.29 is 18.6 Å². The van der Waals surface area contributed by atoms with E-state index in [0.29, 0.717) is 5.56 Å². The van der Waals surface area contributed by atoms with Gasteiger partial charge in [0.2, 0.25) is 0 Å². The van der Waals surface area contributed by atoms with Gasteiger partial charge in [-0.1, -0.05) is 13.8 Å². The summed E-state index contributed by atoms with van der Waals surface area (Å²) in [6.07, 6.45) is 2.89. The largest absolute Gasteiger partial charge is 0.390 e. The third-order valence-corrected chi connectivity index (χ3v) is 4.82. The molecule has 1 N–H and O–H groups in total. The Morgan fingerprint density at radius 2 is 1.62 bits per heavy atom. The van der Waals surface area contributed by atoms with Crippen molar-refractivity contribution in [1.29, 1.82) is 0 Å². The average Bonchev–Trinajstić information content (AvgIpc) is 2.38. The van der Waals surface area contributed by atoms with Gasteiger partial charge in [-0.25, -0.2) is 8.78 Å². The van der Waals surface area contributed by atoms with Gasteiger partial charge in [0.1, 0.15) is 11.6 Å². The molecule has 1 aliphatic rings. The molecule has 1 aromatic rings. The molecular formula is C17H24F2O2. The fourth-order valence-electron chi connectivity index (χ4n) is 3.16. The zero-order chi connectivity index (χ0) is 15.7. The molecule has 4 heteroatoms. The van der Waals surface area contributed by atoms with Crippen LogP contribution in [0.4, 0.5) is 8.78 Å². The van der Waals surface area contributed by atoms with Gasteiger partial charge in [0.15, 0.2) is 0 Å². The van der Waals surface area contributed by atoms with E-state index in [4.69, 9.17) is 4.74 Å². The van der Waals surface area contributed by atoms with Crippen LogP contribution in [0.25, 0.3) is 0 Å². The molecule has 21 heavy (non-hydrogen) atoms. The quantitative estimate of drug-likeness (QED) is 0.915. The van der Waals surface area contributed by atoms with Gasteiger partial charge >= 0.3 is 0 Å². The summed E-state index contributed by atoms with van der Waals surface area (Å²) in [5.41, 5.74) is 0.103. The Hall–Kier alpha value is -1.00. The zero-order valence-corrected chi connectivity index (χ0v) is 13.0. The van der Waals surface area contributed by atoms with Gasteiger partial charge in [-0.3, -0.25) is 0 Å². The Morgan fingerprint density at radius 1 is 1.10 bits per heavy atom. The lowest BCUT2D eigenvalue weighted by Crippen LogP contribution is -2.49. The molecule has 0 spiro atoms. The fraction of sp³-hybridized carbons (Fsp3) is 0.647. The van der Waals surface area contributed by atoms with Crippen LogP contribution in [0.3, 0.4) is 0 Å². The molecule has 118 valence electrons. The Kier molecular flexibility index (Phi) is 4.69. The first kappa shape index (κ1) is 16.4. The minimum absolute atomic E-state index is 0.197. The first-order chi connectivity index (χ1) is 9.76. The van der Waals surface area contributed by atoms with Crippen molar-refractivity contribution in [3.05, 3.63) is 35.4 Å². The van der Waals surface area contributed by atoms with Gasteiger partial charge in [0.05, 0.1) is 11.7 Å². The maximum absolute atomic E-state index is 13.2. The highest BCUT2D eigenvalue weighted by Crippen LogP contribution is 2.43. The number of rotatable bonds is 4. The number of benzene rings is 1. The number of ether oxygens (including phenoxy) is 1. The first-order valence-electron chi connectivity index (χ1n) is 7.45. The minimum Gasteiger partial charge on any atom is -0.390 e. The molecule has 0 amide bonds. The molecule has 1 aliphatic carbocycles. The predicted octanol–water partition coefficient (Wildman–Crippen LogP) is 3.85. The summed E-state index contributed by atoms with van der Waals surface area (Å²) in [5.74, 6) is -1.23. The molecule has 2 rings (SSSR count). The third kappa shape index (κ3) is 3.80. The van der Waals surface area contributed by atoms with E-state index in [1.807, 2.05) is 0 Å². The number of hydrogen-bond acceptors (Lipinski definition) is 2. The number of hydrogen-bond donors (Lipinski definition) is 1. The third-order valence-electron chi connectivity index (χ3n) is 4.82. The van der Waals surface area contributed by atoms with E-state index in [1.54, 1.807) is 7.11 Å². The van der Waals surface area contributed by atoms with E-state index in [-0.39, 0.29) is 11.8 Å². The molecule has 2 nitrogen and oxygen atoms in total. The topological polar surface area (TPSA) is 29.5 Å². The molecule has 1 atom stereocenters. The summed E-state index contributed by atoms with van der Waals surface area (Å²) in [4.78, 5) is 0. The van der Waals surface area contributed by atoms with E-state index in [1.165, 1.54) is 12.1 Å². The molecular weight excluding hydrogens is 274 g/mol. The molecule has 0 aromatic heterocycles. The van der Waals surface area contributed by atoms with Gasteiger partial charge in [0, 0.05) is 19.6 Å². The van der Waals surface area contributed by atoms with Crippen LogP contribution in [0.2, 0.25) is 0 Å². The molecule has 0 radical (unpaired) electrons. The van der Waals surface area contributed by atoms with E-state index in [9.17, 15) is 13.9 Å². The van der Waals surface area contributed by atoms with Crippen molar-refractivity contribution in [2.75, 3.05) is 7.11 Å². The molecule has 1 fully saturated rings. The monoisotopic (exact) mass is 298 g/mol. The molecule has 1 unspecified atom stereocenters. The summed E-state index contributed by atoms with van der Waals surface area (Å²) in [6, 6.07) is 3.37. The SMILES string of the molecule is COC1(C(O)Cc2cc(F)cc(F)c2)CCC(C)(C)CC1. The molecule has 0 saturated heterocycles. The normalized spacial score (nSPS) is 22.0. The minimum atomic E-state index is -0.764. The average molecular weight is 298 g/mol. The molecule has 1 aromatic carbocycles. The van der Waals surface area contributed by atoms with Crippen LogP contribution in [0.5, 0.6) is 0 Å². The number of halogens is 2. The summed E-state index contributed by atoms with van der Waals surface area (Å²) in [6.45, 7) is 4.42. The summed E-state index contributed by atoms with van der Waals surface area (Å²) in [5, 5.41) is 10.6. The second kappa shape index (κ2) is 6.01. The zero-order valence-electron chi connectivity index (χ0n) is 13.0. The van der Waals surface area contributed by atoms with Crippen LogP contribution in [-0.2, 0) is 11.2 Å². The second-order valence-electron chi connectivity index (χ2n) is 6.93. The number of methoxy groups -OCH3 is 1. The van der Waals surface area contributed by atoms with E-state index < -0.39 is 23.3 Å².